The molecule has 0 saturated heterocycles. The van der Waals surface area contributed by atoms with Crippen LogP contribution in [-0.4, -0.2) is 11.7 Å². The predicted octanol–water partition coefficient (Wildman–Crippen LogP) is 3.79. The zero-order valence-corrected chi connectivity index (χ0v) is 11.0. The van der Waals surface area contributed by atoms with E-state index in [0.29, 0.717) is 5.02 Å². The maximum Gasteiger partial charge on any atom is 0.0745 e. The van der Waals surface area contributed by atoms with Crippen molar-refractivity contribution in [3.8, 4) is 0 Å². The molecule has 0 radical (unpaired) electrons. The Balaban J connectivity index is 2.17. The fraction of sp³-hybridized carbons (Fsp3) is 0.200. The van der Waals surface area contributed by atoms with E-state index in [0.717, 1.165) is 11.3 Å². The van der Waals surface area contributed by atoms with Crippen LogP contribution in [0.2, 0.25) is 5.02 Å². The number of hydrogen-bond acceptors (Lipinski definition) is 2. The molecule has 2 N–H and O–H groups in total. The van der Waals surface area contributed by atoms with Gasteiger partial charge in [-0.3, -0.25) is 0 Å². The molecule has 0 amide bonds. The minimum absolute atomic E-state index is 0.0220. The van der Waals surface area contributed by atoms with Crippen LogP contribution in [0, 0.1) is 6.92 Å². The quantitative estimate of drug-likeness (QED) is 0.878. The average Bonchev–Trinajstić information content (AvgIpc) is 2.38. The third-order valence-corrected chi connectivity index (χ3v) is 3.06. The second-order valence-electron chi connectivity index (χ2n) is 4.30. The molecule has 2 aromatic carbocycles. The Bertz CT molecular complexity index is 510. The smallest absolute Gasteiger partial charge is 0.0745 e. The first kappa shape index (κ1) is 12.9. The third kappa shape index (κ3) is 3.25. The van der Waals surface area contributed by atoms with E-state index >= 15 is 0 Å². The fourth-order valence-corrected chi connectivity index (χ4v) is 2.01. The van der Waals surface area contributed by atoms with E-state index in [2.05, 4.69) is 5.32 Å². The molecular formula is C15H16ClNO. The lowest BCUT2D eigenvalue weighted by Gasteiger charge is -2.18. The van der Waals surface area contributed by atoms with Gasteiger partial charge < -0.3 is 10.4 Å². The summed E-state index contributed by atoms with van der Waals surface area (Å²) < 4.78 is 0. The van der Waals surface area contributed by atoms with Crippen LogP contribution in [-0.2, 0) is 0 Å². The van der Waals surface area contributed by atoms with Crippen molar-refractivity contribution in [2.24, 2.45) is 0 Å². The van der Waals surface area contributed by atoms with Gasteiger partial charge in [-0.2, -0.15) is 0 Å². The highest BCUT2D eigenvalue weighted by molar-refractivity contribution is 6.30. The van der Waals surface area contributed by atoms with Crippen molar-refractivity contribution in [1.29, 1.82) is 0 Å². The van der Waals surface area contributed by atoms with Crippen LogP contribution in [0.4, 0.5) is 5.69 Å². The molecule has 2 rings (SSSR count). The Morgan fingerprint density at radius 3 is 2.50 bits per heavy atom. The summed E-state index contributed by atoms with van der Waals surface area (Å²) in [6, 6.07) is 15.5. The predicted molar refractivity (Wildman–Crippen MR) is 76.1 cm³/mol. The summed E-state index contributed by atoms with van der Waals surface area (Å²) in [5.74, 6) is 0. The van der Waals surface area contributed by atoms with E-state index in [4.69, 9.17) is 11.6 Å². The number of halogens is 1. The number of aryl methyl sites for hydroxylation is 1. The summed E-state index contributed by atoms with van der Waals surface area (Å²) >= 11 is 5.96. The zero-order valence-electron chi connectivity index (χ0n) is 10.2. The first-order valence-electron chi connectivity index (χ1n) is 5.88. The molecule has 0 aliphatic rings. The number of aliphatic hydroxyl groups is 1. The molecule has 1 atom stereocenters. The van der Waals surface area contributed by atoms with Crippen molar-refractivity contribution in [2.45, 2.75) is 13.0 Å². The zero-order chi connectivity index (χ0) is 13.0. The Morgan fingerprint density at radius 2 is 1.89 bits per heavy atom. The standard InChI is InChI=1S/C15H16ClNO/c1-11-5-7-14(8-6-11)17-15(10-18)12-3-2-4-13(16)9-12/h2-9,15,17-18H,10H2,1H3. The summed E-state index contributed by atoms with van der Waals surface area (Å²) in [6.07, 6.45) is 0. The van der Waals surface area contributed by atoms with Gasteiger partial charge in [-0.05, 0) is 36.8 Å². The molecule has 0 aromatic heterocycles. The van der Waals surface area contributed by atoms with Gasteiger partial charge in [0.25, 0.3) is 0 Å². The van der Waals surface area contributed by atoms with Gasteiger partial charge in [0.1, 0.15) is 0 Å². The fourth-order valence-electron chi connectivity index (χ4n) is 1.81. The van der Waals surface area contributed by atoms with Gasteiger partial charge in [0, 0.05) is 10.7 Å². The molecule has 0 saturated carbocycles. The summed E-state index contributed by atoms with van der Waals surface area (Å²) in [6.45, 7) is 2.07. The molecule has 0 bridgehead atoms. The monoisotopic (exact) mass is 261 g/mol. The molecule has 0 aliphatic carbocycles. The summed E-state index contributed by atoms with van der Waals surface area (Å²) in [5, 5.41) is 13.4. The van der Waals surface area contributed by atoms with Crippen molar-refractivity contribution >= 4 is 17.3 Å². The van der Waals surface area contributed by atoms with E-state index in [1.165, 1.54) is 5.56 Å². The van der Waals surface area contributed by atoms with Crippen LogP contribution in [0.1, 0.15) is 17.2 Å². The van der Waals surface area contributed by atoms with Crippen LogP contribution in [0.25, 0.3) is 0 Å². The molecule has 0 fully saturated rings. The van der Waals surface area contributed by atoms with Crippen molar-refractivity contribution in [3.63, 3.8) is 0 Å². The Morgan fingerprint density at radius 1 is 1.17 bits per heavy atom. The van der Waals surface area contributed by atoms with Crippen molar-refractivity contribution in [1.82, 2.24) is 0 Å². The van der Waals surface area contributed by atoms with Crippen LogP contribution in [0.3, 0.4) is 0 Å². The van der Waals surface area contributed by atoms with E-state index in [1.807, 2.05) is 55.5 Å². The highest BCUT2D eigenvalue weighted by Crippen LogP contribution is 2.22. The van der Waals surface area contributed by atoms with Crippen molar-refractivity contribution < 1.29 is 5.11 Å². The van der Waals surface area contributed by atoms with Gasteiger partial charge in [-0.15, -0.1) is 0 Å². The van der Waals surface area contributed by atoms with E-state index in [-0.39, 0.29) is 12.6 Å². The van der Waals surface area contributed by atoms with Crippen molar-refractivity contribution in [3.05, 3.63) is 64.7 Å². The molecule has 18 heavy (non-hydrogen) atoms. The average molecular weight is 262 g/mol. The minimum Gasteiger partial charge on any atom is -0.394 e. The molecule has 94 valence electrons. The Labute approximate surface area is 112 Å². The molecule has 0 aliphatic heterocycles. The lowest BCUT2D eigenvalue weighted by molar-refractivity contribution is 0.276. The highest BCUT2D eigenvalue weighted by atomic mass is 35.5. The van der Waals surface area contributed by atoms with Gasteiger partial charge >= 0.3 is 0 Å². The first-order valence-corrected chi connectivity index (χ1v) is 6.26. The summed E-state index contributed by atoms with van der Waals surface area (Å²) in [4.78, 5) is 0. The topological polar surface area (TPSA) is 32.3 Å². The number of rotatable bonds is 4. The molecule has 1 unspecified atom stereocenters. The molecule has 0 spiro atoms. The number of nitrogens with one attached hydrogen (secondary N) is 1. The number of benzene rings is 2. The Hall–Kier alpha value is -1.51. The summed E-state index contributed by atoms with van der Waals surface area (Å²) in [7, 11) is 0. The lowest BCUT2D eigenvalue weighted by atomic mass is 10.1. The van der Waals surface area contributed by atoms with Crippen LogP contribution < -0.4 is 5.32 Å². The molecule has 3 heteroatoms. The number of anilines is 1. The SMILES string of the molecule is Cc1ccc(NC(CO)c2cccc(Cl)c2)cc1. The van der Waals surface area contributed by atoms with Gasteiger partial charge in [0.15, 0.2) is 0 Å². The van der Waals surface area contributed by atoms with Gasteiger partial charge in [0.2, 0.25) is 0 Å². The molecule has 2 nitrogen and oxygen atoms in total. The van der Waals surface area contributed by atoms with Crippen LogP contribution in [0.15, 0.2) is 48.5 Å². The lowest BCUT2D eigenvalue weighted by Crippen LogP contribution is -2.14. The second kappa shape index (κ2) is 5.89. The van der Waals surface area contributed by atoms with Gasteiger partial charge in [0.05, 0.1) is 12.6 Å². The number of hydrogen-bond donors (Lipinski definition) is 2. The maximum atomic E-state index is 9.48. The van der Waals surface area contributed by atoms with Gasteiger partial charge in [-0.1, -0.05) is 41.4 Å². The van der Waals surface area contributed by atoms with Crippen LogP contribution >= 0.6 is 11.6 Å². The molecular weight excluding hydrogens is 246 g/mol. The second-order valence-corrected chi connectivity index (χ2v) is 4.74. The molecule has 2 aromatic rings. The maximum absolute atomic E-state index is 9.48. The first-order chi connectivity index (χ1) is 8.69. The van der Waals surface area contributed by atoms with Crippen LogP contribution in [0.5, 0.6) is 0 Å². The highest BCUT2D eigenvalue weighted by Gasteiger charge is 2.10. The van der Waals surface area contributed by atoms with Gasteiger partial charge in [-0.25, -0.2) is 0 Å². The third-order valence-electron chi connectivity index (χ3n) is 2.83. The largest absolute Gasteiger partial charge is 0.394 e. The minimum atomic E-state index is -0.147. The van der Waals surface area contributed by atoms with E-state index in [1.54, 1.807) is 0 Å². The molecule has 0 heterocycles. The normalized spacial score (nSPS) is 12.2. The number of aliphatic hydroxyl groups excluding tert-OH is 1. The summed E-state index contributed by atoms with van der Waals surface area (Å²) in [5.41, 5.74) is 3.18. The van der Waals surface area contributed by atoms with E-state index in [9.17, 15) is 5.11 Å². The Kier molecular flexibility index (Phi) is 4.24. The van der Waals surface area contributed by atoms with E-state index < -0.39 is 0 Å². The van der Waals surface area contributed by atoms with Crippen molar-refractivity contribution in [2.75, 3.05) is 11.9 Å².